The molecule has 0 bridgehead atoms. The zero-order chi connectivity index (χ0) is 36.8. The van der Waals surface area contributed by atoms with Crippen molar-refractivity contribution in [1.29, 1.82) is 0 Å². The quantitative estimate of drug-likeness (QED) is 0.164. The summed E-state index contributed by atoms with van der Waals surface area (Å²) in [6, 6.07) is 43.7. The predicted octanol–water partition coefficient (Wildman–Crippen LogP) is 7.38. The summed E-state index contributed by atoms with van der Waals surface area (Å²) in [5.41, 5.74) is 15.5. The van der Waals surface area contributed by atoms with Gasteiger partial charge >= 0.3 is 99.2 Å². The average molecular weight is 823 g/mol. The minimum absolute atomic E-state index is 0. The Hall–Kier alpha value is -3.74. The first-order valence-electron chi connectivity index (χ1n) is 18.5. The second-order valence-electron chi connectivity index (χ2n) is 15.8. The van der Waals surface area contributed by atoms with Crippen molar-refractivity contribution >= 4 is 41.5 Å². The molecule has 272 valence electrons. The SMILES string of the molecule is CC1=CC(C)(C)c2cc3[cH-]c4cc5c(cc4c3cc21)C(C)=CC5(C)C.CC1=[C-]C(C)C=C1c1ccccc1.[Cl-].[Cl-].[Zr+2]=[C](c1ccccc1)c1ccccc1. The van der Waals surface area contributed by atoms with Crippen molar-refractivity contribution in [2.45, 2.75) is 66.2 Å². The number of hydrogen-bond acceptors (Lipinski definition) is 0. The van der Waals surface area contributed by atoms with Crippen LogP contribution in [0.15, 0.2) is 145 Å². The fraction of sp³-hybridized carbons (Fsp3) is 0.216. The number of benzene rings is 5. The Kier molecular flexibility index (Phi) is 12.7. The molecule has 3 aliphatic rings. The minimum atomic E-state index is 0. The summed E-state index contributed by atoms with van der Waals surface area (Å²) < 4.78 is 1.42. The van der Waals surface area contributed by atoms with Crippen molar-refractivity contribution in [3.8, 4) is 0 Å². The first kappa shape index (κ1) is 41.4. The van der Waals surface area contributed by atoms with Gasteiger partial charge in [0.05, 0.1) is 0 Å². The van der Waals surface area contributed by atoms with E-state index >= 15 is 0 Å². The average Bonchev–Trinajstić information content (AvgIpc) is 3.81. The van der Waals surface area contributed by atoms with Crippen LogP contribution in [0, 0.1) is 12.0 Å². The molecule has 1 unspecified atom stereocenters. The maximum absolute atomic E-state index is 3.39. The van der Waals surface area contributed by atoms with E-state index in [2.05, 4.69) is 195 Å². The van der Waals surface area contributed by atoms with Gasteiger partial charge < -0.3 is 24.8 Å². The molecule has 0 aromatic heterocycles. The Bertz CT molecular complexity index is 2300. The third-order valence-electron chi connectivity index (χ3n) is 10.8. The van der Waals surface area contributed by atoms with Gasteiger partial charge in [-0.15, -0.1) is 45.3 Å². The maximum atomic E-state index is 3.39. The van der Waals surface area contributed by atoms with Crippen LogP contribution >= 0.6 is 0 Å². The van der Waals surface area contributed by atoms with E-state index in [0.717, 1.165) is 0 Å². The van der Waals surface area contributed by atoms with Gasteiger partial charge in [-0.05, 0) is 36.1 Å². The Morgan fingerprint density at radius 2 is 1.02 bits per heavy atom. The molecule has 0 radical (unpaired) electrons. The van der Waals surface area contributed by atoms with Crippen LogP contribution in [0.4, 0.5) is 0 Å². The summed E-state index contributed by atoms with van der Waals surface area (Å²) in [7, 11) is 0. The van der Waals surface area contributed by atoms with Crippen LogP contribution in [0.25, 0.3) is 38.3 Å². The van der Waals surface area contributed by atoms with E-state index in [-0.39, 0.29) is 35.6 Å². The summed E-state index contributed by atoms with van der Waals surface area (Å²) >= 11 is 1.46. The van der Waals surface area contributed by atoms with E-state index in [1.807, 2.05) is 6.07 Å². The fourth-order valence-electron chi connectivity index (χ4n) is 8.36. The van der Waals surface area contributed by atoms with Crippen LogP contribution < -0.4 is 24.8 Å². The molecule has 0 aliphatic heterocycles. The van der Waals surface area contributed by atoms with Crippen LogP contribution in [0.3, 0.4) is 0 Å². The standard InChI is InChI=1S/C25H25.C13H13.C13H10.2ClH.Zr/c1-14-12-24(3,4)22-8-16-7-17-9-23-19(15(2)13-25(23,5)6)11-21(17)20(16)10-18(14)22;1-10-8-11(2)13(9-10)12-6-4-3-5-7-12;1-3-7-12(8-4-1)11-13-9-5-2-6-10-13;;;/h7-13H,1-6H3;3-7,9-10H,1-2H3;1-10H;2*1H;/q2*-1;;;;+2/p-2. The molecule has 0 amide bonds. The second kappa shape index (κ2) is 16.6. The second-order valence-corrected chi connectivity index (χ2v) is 17.1. The number of halogens is 2. The van der Waals surface area contributed by atoms with Gasteiger partial charge in [-0.3, -0.25) is 6.08 Å². The molecular formula is C51H48Cl2Zr-2. The third-order valence-corrected chi connectivity index (χ3v) is 12.3. The summed E-state index contributed by atoms with van der Waals surface area (Å²) in [5.74, 6) is 0.468. The third kappa shape index (κ3) is 8.26. The molecule has 0 heterocycles. The van der Waals surface area contributed by atoms with Gasteiger partial charge in [0.1, 0.15) is 0 Å². The van der Waals surface area contributed by atoms with Crippen LogP contribution in [-0.4, -0.2) is 3.21 Å². The van der Waals surface area contributed by atoms with E-state index in [4.69, 9.17) is 0 Å². The zero-order valence-electron chi connectivity index (χ0n) is 32.6. The molecule has 0 saturated heterocycles. The summed E-state index contributed by atoms with van der Waals surface area (Å²) in [4.78, 5) is 0. The first-order valence-corrected chi connectivity index (χ1v) is 19.7. The van der Waals surface area contributed by atoms with Gasteiger partial charge in [0, 0.05) is 10.8 Å². The molecule has 0 nitrogen and oxygen atoms in total. The van der Waals surface area contributed by atoms with Crippen LogP contribution in [0.1, 0.15) is 94.3 Å². The monoisotopic (exact) mass is 820 g/mol. The van der Waals surface area contributed by atoms with Gasteiger partial charge in [0.15, 0.2) is 0 Å². The Balaban J connectivity index is 0.000000166. The van der Waals surface area contributed by atoms with Gasteiger partial charge in [0.2, 0.25) is 0 Å². The molecule has 1 atom stereocenters. The number of hydrogen-bond donors (Lipinski definition) is 0. The molecule has 3 heteroatoms. The molecular weight excluding hydrogens is 775 g/mol. The van der Waals surface area contributed by atoms with E-state index in [0.29, 0.717) is 5.92 Å². The Labute approximate surface area is 350 Å². The summed E-state index contributed by atoms with van der Waals surface area (Å²) in [6.07, 6.45) is 10.5. The molecule has 9 rings (SSSR count). The van der Waals surface area contributed by atoms with Gasteiger partial charge in [-0.25, -0.2) is 5.57 Å². The Morgan fingerprint density at radius 3 is 1.41 bits per heavy atom. The van der Waals surface area contributed by atoms with E-state index < -0.39 is 0 Å². The molecule has 0 fully saturated rings. The van der Waals surface area contributed by atoms with E-state index in [1.54, 1.807) is 0 Å². The molecule has 6 aromatic carbocycles. The molecule has 0 spiro atoms. The van der Waals surface area contributed by atoms with Crippen molar-refractivity contribution in [1.82, 2.24) is 0 Å². The van der Waals surface area contributed by atoms with Gasteiger partial charge in [-0.2, -0.15) is 11.6 Å². The molecule has 0 N–H and O–H groups in total. The van der Waals surface area contributed by atoms with Crippen molar-refractivity contribution in [2.24, 2.45) is 5.92 Å². The normalized spacial score (nSPS) is 16.9. The molecule has 3 aliphatic carbocycles. The number of rotatable bonds is 3. The van der Waals surface area contributed by atoms with Crippen LogP contribution in [0.5, 0.6) is 0 Å². The van der Waals surface area contributed by atoms with Crippen molar-refractivity contribution in [3.63, 3.8) is 0 Å². The van der Waals surface area contributed by atoms with E-state index in [1.165, 1.54) is 110 Å². The molecule has 54 heavy (non-hydrogen) atoms. The summed E-state index contributed by atoms with van der Waals surface area (Å²) in [5, 5.41) is 5.57. The number of allylic oxidation sites excluding steroid dienone is 8. The van der Waals surface area contributed by atoms with Crippen molar-refractivity contribution < 1.29 is 49.0 Å². The van der Waals surface area contributed by atoms with Crippen molar-refractivity contribution in [3.05, 3.63) is 190 Å². The fourth-order valence-corrected chi connectivity index (χ4v) is 9.18. The number of fused-ring (bicyclic) bond motifs is 5. The van der Waals surface area contributed by atoms with Crippen LogP contribution in [0.2, 0.25) is 0 Å². The first-order chi connectivity index (χ1) is 24.8. The van der Waals surface area contributed by atoms with Gasteiger partial charge in [0.25, 0.3) is 0 Å². The summed E-state index contributed by atoms with van der Waals surface area (Å²) in [6.45, 7) is 18.1. The zero-order valence-corrected chi connectivity index (χ0v) is 36.6. The predicted molar refractivity (Wildman–Crippen MR) is 223 cm³/mol. The molecule has 6 aromatic rings. The van der Waals surface area contributed by atoms with Crippen LogP contribution in [-0.2, 0) is 35.1 Å². The topological polar surface area (TPSA) is 0 Å². The van der Waals surface area contributed by atoms with E-state index in [9.17, 15) is 0 Å². The van der Waals surface area contributed by atoms with Crippen molar-refractivity contribution in [2.75, 3.05) is 0 Å². The Morgan fingerprint density at radius 1 is 0.611 bits per heavy atom. The van der Waals surface area contributed by atoms with Gasteiger partial charge in [-0.1, -0.05) is 113 Å². The molecule has 0 saturated carbocycles.